The van der Waals surface area contributed by atoms with Crippen LogP contribution in [0, 0.1) is 47.3 Å². The molecule has 0 bridgehead atoms. The van der Waals surface area contributed by atoms with Crippen molar-refractivity contribution < 1.29 is 4.74 Å². The van der Waals surface area contributed by atoms with Crippen molar-refractivity contribution in [2.75, 3.05) is 0 Å². The number of hydrogen-bond donors (Lipinski definition) is 0. The molecule has 0 saturated heterocycles. The summed E-state index contributed by atoms with van der Waals surface area (Å²) in [5.74, 6) is 8.10. The zero-order chi connectivity index (χ0) is 30.3. The number of ether oxygens (including phenoxy) is 1. The van der Waals surface area contributed by atoms with Crippen LogP contribution in [-0.4, -0.2) is 12.2 Å². The highest BCUT2D eigenvalue weighted by molar-refractivity contribution is 4.80. The van der Waals surface area contributed by atoms with Gasteiger partial charge in [-0.25, -0.2) is 0 Å². The summed E-state index contributed by atoms with van der Waals surface area (Å²) >= 11 is 0. The fraction of sp³-hybridized carbons (Fsp3) is 1.00. The van der Waals surface area contributed by atoms with E-state index in [1.807, 2.05) is 0 Å². The quantitative estimate of drug-likeness (QED) is 0.152. The van der Waals surface area contributed by atoms with Gasteiger partial charge in [-0.05, 0) is 112 Å². The second-order valence-electron chi connectivity index (χ2n) is 17.3. The van der Waals surface area contributed by atoms with Gasteiger partial charge in [0.05, 0.1) is 12.2 Å². The monoisotopic (exact) mass is 599 g/mol. The van der Waals surface area contributed by atoms with E-state index in [1.165, 1.54) is 167 Å². The van der Waals surface area contributed by atoms with Crippen LogP contribution in [0.2, 0.25) is 0 Å². The Morgan fingerprint density at radius 2 is 0.791 bits per heavy atom. The molecule has 1 heteroatoms. The van der Waals surface area contributed by atoms with Gasteiger partial charge in [-0.2, -0.15) is 0 Å². The molecule has 2 atom stereocenters. The Kier molecular flexibility index (Phi) is 16.9. The Hall–Kier alpha value is -0.0400. The first-order chi connectivity index (χ1) is 21.0. The minimum absolute atomic E-state index is 0.580. The van der Waals surface area contributed by atoms with E-state index in [0.29, 0.717) is 12.2 Å². The van der Waals surface area contributed by atoms with E-state index >= 15 is 0 Å². The van der Waals surface area contributed by atoms with Crippen LogP contribution in [0.5, 0.6) is 0 Å². The van der Waals surface area contributed by atoms with Gasteiger partial charge in [0.2, 0.25) is 0 Å². The Bertz CT molecular complexity index is 611. The molecular weight excluding hydrogens is 520 g/mol. The highest BCUT2D eigenvalue weighted by atomic mass is 16.5. The van der Waals surface area contributed by atoms with Crippen LogP contribution >= 0.6 is 0 Å². The van der Waals surface area contributed by atoms with Crippen LogP contribution in [0.3, 0.4) is 0 Å². The molecule has 0 aliphatic heterocycles. The van der Waals surface area contributed by atoms with Gasteiger partial charge >= 0.3 is 0 Å². The first-order valence-electron chi connectivity index (χ1n) is 20.7. The van der Waals surface area contributed by atoms with Crippen molar-refractivity contribution >= 4 is 0 Å². The van der Waals surface area contributed by atoms with Gasteiger partial charge in [0, 0.05) is 0 Å². The van der Waals surface area contributed by atoms with Crippen LogP contribution in [0.4, 0.5) is 0 Å². The topological polar surface area (TPSA) is 9.23 Å². The molecule has 4 rings (SSSR count). The standard InChI is InChI=1S/C42H78O/c1-5-9-37(31-39-19-15-33(3)16-20-39)13-7-11-35-23-27-41(28-24-35)43-42-29-25-36(26-30-42)12-8-14-38(10-6-2)32-40-21-17-34(4)18-22-40/h33-42H,5-32H2,1-4H3. The molecule has 0 aromatic carbocycles. The van der Waals surface area contributed by atoms with E-state index in [9.17, 15) is 0 Å². The highest BCUT2D eigenvalue weighted by Crippen LogP contribution is 2.39. The third-order valence-corrected chi connectivity index (χ3v) is 13.4. The normalized spacial score (nSPS) is 35.4. The van der Waals surface area contributed by atoms with Gasteiger partial charge in [-0.3, -0.25) is 0 Å². The summed E-state index contributed by atoms with van der Waals surface area (Å²) in [4.78, 5) is 0. The second-order valence-corrected chi connectivity index (χ2v) is 17.3. The average molecular weight is 599 g/mol. The fourth-order valence-corrected chi connectivity index (χ4v) is 10.4. The van der Waals surface area contributed by atoms with Gasteiger partial charge in [0.15, 0.2) is 0 Å². The molecular formula is C42H78O. The Morgan fingerprint density at radius 1 is 0.442 bits per heavy atom. The lowest BCUT2D eigenvalue weighted by Gasteiger charge is -2.35. The number of hydrogen-bond acceptors (Lipinski definition) is 1. The van der Waals surface area contributed by atoms with Crippen molar-refractivity contribution in [2.45, 2.75) is 220 Å². The third kappa shape index (κ3) is 13.7. The molecule has 4 saturated carbocycles. The summed E-state index contributed by atoms with van der Waals surface area (Å²) in [6, 6.07) is 0. The van der Waals surface area contributed by atoms with Gasteiger partial charge in [-0.15, -0.1) is 0 Å². The van der Waals surface area contributed by atoms with Crippen LogP contribution in [0.25, 0.3) is 0 Å². The molecule has 252 valence electrons. The van der Waals surface area contributed by atoms with E-state index in [2.05, 4.69) is 27.7 Å². The molecule has 0 radical (unpaired) electrons. The zero-order valence-electron chi connectivity index (χ0n) is 30.0. The third-order valence-electron chi connectivity index (χ3n) is 13.4. The largest absolute Gasteiger partial charge is 0.375 e. The minimum atomic E-state index is 0.580. The lowest BCUT2D eigenvalue weighted by atomic mass is 9.76. The summed E-state index contributed by atoms with van der Waals surface area (Å²) in [6.07, 6.45) is 42.2. The average Bonchev–Trinajstić information content (AvgIpc) is 3.01. The van der Waals surface area contributed by atoms with Crippen molar-refractivity contribution in [3.05, 3.63) is 0 Å². The molecule has 0 spiro atoms. The minimum Gasteiger partial charge on any atom is -0.375 e. The molecule has 4 aliphatic carbocycles. The van der Waals surface area contributed by atoms with Gasteiger partial charge < -0.3 is 4.74 Å². The predicted octanol–water partition coefficient (Wildman–Crippen LogP) is 13.7. The lowest BCUT2D eigenvalue weighted by Crippen LogP contribution is -2.30. The molecule has 43 heavy (non-hydrogen) atoms. The second kappa shape index (κ2) is 20.3. The van der Waals surface area contributed by atoms with Gasteiger partial charge in [0.25, 0.3) is 0 Å². The van der Waals surface area contributed by atoms with Crippen LogP contribution in [-0.2, 0) is 4.74 Å². The maximum absolute atomic E-state index is 6.76. The summed E-state index contributed by atoms with van der Waals surface area (Å²) in [7, 11) is 0. The summed E-state index contributed by atoms with van der Waals surface area (Å²) in [5, 5.41) is 0. The lowest BCUT2D eigenvalue weighted by molar-refractivity contribution is -0.0573. The smallest absolute Gasteiger partial charge is 0.0579 e. The molecule has 0 heterocycles. The zero-order valence-corrected chi connectivity index (χ0v) is 30.0. The van der Waals surface area contributed by atoms with Crippen LogP contribution in [0.1, 0.15) is 207 Å². The van der Waals surface area contributed by atoms with E-state index < -0.39 is 0 Å². The van der Waals surface area contributed by atoms with Crippen LogP contribution < -0.4 is 0 Å². The maximum atomic E-state index is 6.76. The van der Waals surface area contributed by atoms with Gasteiger partial charge in [0.1, 0.15) is 0 Å². The SMILES string of the molecule is CCCC(CCCC1CCC(OC2CCC(CCCC(CCC)CC3CCC(C)CC3)CC2)CC1)CC1CCC(C)CC1. The van der Waals surface area contributed by atoms with Crippen molar-refractivity contribution in [1.29, 1.82) is 0 Å². The fourth-order valence-electron chi connectivity index (χ4n) is 10.4. The highest BCUT2D eigenvalue weighted by Gasteiger charge is 2.28. The van der Waals surface area contributed by atoms with Crippen molar-refractivity contribution in [2.24, 2.45) is 47.3 Å². The predicted molar refractivity (Wildman–Crippen MR) is 189 cm³/mol. The molecule has 0 aromatic heterocycles. The summed E-state index contributed by atoms with van der Waals surface area (Å²) in [5.41, 5.74) is 0. The van der Waals surface area contributed by atoms with E-state index in [0.717, 1.165) is 47.3 Å². The summed E-state index contributed by atoms with van der Waals surface area (Å²) < 4.78 is 6.76. The first kappa shape index (κ1) is 35.8. The Morgan fingerprint density at radius 3 is 1.14 bits per heavy atom. The molecule has 1 nitrogen and oxygen atoms in total. The van der Waals surface area contributed by atoms with Crippen molar-refractivity contribution in [3.63, 3.8) is 0 Å². The molecule has 4 aliphatic rings. The number of rotatable bonds is 18. The first-order valence-corrected chi connectivity index (χ1v) is 20.7. The molecule has 0 N–H and O–H groups in total. The Labute approximate surface area is 271 Å². The van der Waals surface area contributed by atoms with E-state index in [1.54, 1.807) is 12.8 Å². The van der Waals surface area contributed by atoms with Crippen LogP contribution in [0.15, 0.2) is 0 Å². The van der Waals surface area contributed by atoms with E-state index in [-0.39, 0.29) is 0 Å². The van der Waals surface area contributed by atoms with E-state index in [4.69, 9.17) is 4.74 Å². The Balaban J connectivity index is 1.03. The molecule has 2 unspecified atom stereocenters. The van der Waals surface area contributed by atoms with Crippen molar-refractivity contribution in [3.8, 4) is 0 Å². The molecule has 4 fully saturated rings. The maximum Gasteiger partial charge on any atom is 0.0579 e. The molecule has 0 amide bonds. The van der Waals surface area contributed by atoms with Gasteiger partial charge in [-0.1, -0.05) is 143 Å². The summed E-state index contributed by atoms with van der Waals surface area (Å²) in [6.45, 7) is 9.75. The van der Waals surface area contributed by atoms with Crippen molar-refractivity contribution in [1.82, 2.24) is 0 Å². The molecule has 0 aromatic rings.